The Morgan fingerprint density at radius 3 is 2.48 bits per heavy atom. The van der Waals surface area contributed by atoms with E-state index in [4.69, 9.17) is 4.42 Å². The molecule has 3 aromatic carbocycles. The van der Waals surface area contributed by atoms with Gasteiger partial charge in [-0.15, -0.1) is 10.2 Å². The van der Waals surface area contributed by atoms with E-state index in [1.807, 2.05) is 91.8 Å². The molecule has 0 spiro atoms. The first-order valence-electron chi connectivity index (χ1n) is 12.5. The van der Waals surface area contributed by atoms with Gasteiger partial charge in [0.25, 0.3) is 5.91 Å². The largest absolute Gasteiger partial charge is 0.503 e. The number of thioether (sulfide) groups is 1. The van der Waals surface area contributed by atoms with Crippen LogP contribution in [0.15, 0.2) is 105 Å². The van der Waals surface area contributed by atoms with E-state index in [1.165, 1.54) is 28.0 Å². The minimum absolute atomic E-state index is 0.0451. The number of carbonyl (C=O) groups excluding carboxylic acids is 2. The zero-order valence-electron chi connectivity index (χ0n) is 21.6. The predicted octanol–water partition coefficient (Wildman–Crippen LogP) is 6.43. The maximum atomic E-state index is 13.8. The first-order chi connectivity index (χ1) is 19.4. The second kappa shape index (κ2) is 10.6. The van der Waals surface area contributed by atoms with Crippen molar-refractivity contribution >= 4 is 56.6 Å². The van der Waals surface area contributed by atoms with Crippen LogP contribution < -0.4 is 9.80 Å². The van der Waals surface area contributed by atoms with Gasteiger partial charge in [-0.25, -0.2) is 0 Å². The maximum Gasteiger partial charge on any atom is 0.296 e. The van der Waals surface area contributed by atoms with Crippen LogP contribution in [0.1, 0.15) is 27.7 Å². The van der Waals surface area contributed by atoms with Crippen LogP contribution in [0, 0.1) is 0 Å². The topological polar surface area (TPSA) is 99.8 Å². The number of furan rings is 1. The number of nitrogens with zero attached hydrogens (tertiary/aromatic N) is 4. The van der Waals surface area contributed by atoms with Crippen molar-refractivity contribution in [3.8, 4) is 0 Å². The van der Waals surface area contributed by atoms with Crippen LogP contribution in [0.4, 0.5) is 10.8 Å². The fourth-order valence-corrected chi connectivity index (χ4v) is 6.43. The molecule has 6 rings (SSSR count). The normalized spacial score (nSPS) is 15.3. The number of anilines is 2. The van der Waals surface area contributed by atoms with Crippen LogP contribution in [0.5, 0.6) is 0 Å². The molecule has 0 saturated heterocycles. The number of aromatic nitrogens is 2. The summed E-state index contributed by atoms with van der Waals surface area (Å²) in [6.07, 6.45) is 0. The third-order valence-electron chi connectivity index (χ3n) is 6.63. The molecular formula is C30H24N4O4S2. The number of benzene rings is 3. The first-order valence-corrected chi connectivity index (χ1v) is 14.3. The number of Topliss-reactive ketones (excluding diaryl/α,β-unsaturated/α-hetero) is 1. The molecule has 1 atom stereocenters. The molecule has 0 unspecified atom stereocenters. The Bertz CT molecular complexity index is 1710. The molecule has 1 aliphatic heterocycles. The van der Waals surface area contributed by atoms with Gasteiger partial charge >= 0.3 is 0 Å². The molecule has 1 N–H and O–H groups in total. The Hall–Kier alpha value is -4.41. The summed E-state index contributed by atoms with van der Waals surface area (Å²) in [7, 11) is 3.86. The van der Waals surface area contributed by atoms with Gasteiger partial charge in [0.05, 0.1) is 11.6 Å². The fraction of sp³-hybridized carbons (Fsp3) is 0.133. The van der Waals surface area contributed by atoms with E-state index in [1.54, 1.807) is 12.1 Å². The summed E-state index contributed by atoms with van der Waals surface area (Å²) < 4.78 is 6.49. The van der Waals surface area contributed by atoms with Gasteiger partial charge in [-0.3, -0.25) is 14.5 Å². The SMILES string of the molecule is CN(C)c1ccc([C@@H]2C(C(=O)c3cc4ccccc4o3)=C(O)C(=O)N2c2nnc(SCc3ccccc3)s2)cc1. The molecular weight excluding hydrogens is 544 g/mol. The van der Waals surface area contributed by atoms with Gasteiger partial charge in [-0.05, 0) is 35.4 Å². The molecule has 0 fully saturated rings. The number of fused-ring (bicyclic) bond motifs is 1. The number of rotatable bonds is 8. The molecule has 40 heavy (non-hydrogen) atoms. The molecule has 0 bridgehead atoms. The Morgan fingerprint density at radius 2 is 1.75 bits per heavy atom. The number of ketones is 1. The minimum atomic E-state index is -0.913. The smallest absolute Gasteiger partial charge is 0.296 e. The lowest BCUT2D eigenvalue weighted by Gasteiger charge is -2.24. The Morgan fingerprint density at radius 1 is 1.02 bits per heavy atom. The molecule has 200 valence electrons. The van der Waals surface area contributed by atoms with Crippen LogP contribution in [0.3, 0.4) is 0 Å². The number of amides is 1. The first kappa shape index (κ1) is 25.8. The maximum absolute atomic E-state index is 13.8. The molecule has 10 heteroatoms. The van der Waals surface area contributed by atoms with Crippen molar-refractivity contribution in [3.63, 3.8) is 0 Å². The number of carbonyl (C=O) groups is 2. The molecule has 5 aromatic rings. The lowest BCUT2D eigenvalue weighted by Crippen LogP contribution is -2.31. The van der Waals surface area contributed by atoms with Crippen molar-refractivity contribution in [1.82, 2.24) is 10.2 Å². The van der Waals surface area contributed by atoms with Crippen LogP contribution >= 0.6 is 23.1 Å². The molecule has 0 radical (unpaired) electrons. The summed E-state index contributed by atoms with van der Waals surface area (Å²) in [5, 5.41) is 20.7. The number of hydrogen-bond acceptors (Lipinski definition) is 9. The minimum Gasteiger partial charge on any atom is -0.503 e. The van der Waals surface area contributed by atoms with Crippen molar-refractivity contribution < 1.29 is 19.1 Å². The van der Waals surface area contributed by atoms with Crippen LogP contribution in [-0.2, 0) is 10.5 Å². The number of hydrogen-bond donors (Lipinski definition) is 1. The molecule has 8 nitrogen and oxygen atoms in total. The van der Waals surface area contributed by atoms with Crippen molar-refractivity contribution in [1.29, 1.82) is 0 Å². The summed E-state index contributed by atoms with van der Waals surface area (Å²) in [5.74, 6) is -1.16. The lowest BCUT2D eigenvalue weighted by atomic mass is 9.95. The van der Waals surface area contributed by atoms with E-state index in [-0.39, 0.29) is 11.3 Å². The van der Waals surface area contributed by atoms with E-state index in [0.29, 0.717) is 26.4 Å². The molecule has 1 aliphatic rings. The quantitative estimate of drug-likeness (QED) is 0.130. The molecule has 3 heterocycles. The molecule has 0 saturated carbocycles. The third kappa shape index (κ3) is 4.76. The standard InChI is InChI=1S/C30H24N4O4S2/c1-33(2)21-14-12-19(13-15-21)25-24(26(35)23-16-20-10-6-7-11-22(20)38-23)27(36)28(37)34(25)29-31-32-30(40-29)39-17-18-8-4-3-5-9-18/h3-16,25,36H,17H2,1-2H3/t25-/m1/s1. The zero-order chi connectivity index (χ0) is 27.8. The van der Waals surface area contributed by atoms with Crippen LogP contribution in [0.2, 0.25) is 0 Å². The van der Waals surface area contributed by atoms with E-state index >= 15 is 0 Å². The summed E-state index contributed by atoms with van der Waals surface area (Å²) in [6, 6.07) is 25.4. The van der Waals surface area contributed by atoms with Gasteiger partial charge in [0.15, 0.2) is 15.9 Å². The monoisotopic (exact) mass is 568 g/mol. The van der Waals surface area contributed by atoms with Gasteiger partial charge < -0.3 is 14.4 Å². The summed E-state index contributed by atoms with van der Waals surface area (Å²) in [4.78, 5) is 30.7. The van der Waals surface area contributed by atoms with E-state index in [0.717, 1.165) is 16.6 Å². The highest BCUT2D eigenvalue weighted by atomic mass is 32.2. The second-order valence-corrected chi connectivity index (χ2v) is 11.6. The Balaban J connectivity index is 1.38. The molecule has 2 aromatic heterocycles. The molecule has 0 aliphatic carbocycles. The summed E-state index contributed by atoms with van der Waals surface area (Å²) >= 11 is 2.75. The predicted molar refractivity (Wildman–Crippen MR) is 157 cm³/mol. The van der Waals surface area contributed by atoms with Crippen molar-refractivity contribution in [3.05, 3.63) is 113 Å². The number of aliphatic hydroxyl groups excluding tert-OH is 1. The Kier molecular flexibility index (Phi) is 6.87. The van der Waals surface area contributed by atoms with Gasteiger partial charge in [0, 0.05) is 30.9 Å². The highest BCUT2D eigenvalue weighted by molar-refractivity contribution is 8.00. The van der Waals surface area contributed by atoms with E-state index in [9.17, 15) is 14.7 Å². The van der Waals surface area contributed by atoms with E-state index in [2.05, 4.69) is 10.2 Å². The second-order valence-electron chi connectivity index (χ2n) is 9.43. The van der Waals surface area contributed by atoms with E-state index < -0.39 is 23.5 Å². The highest BCUT2D eigenvalue weighted by Gasteiger charge is 2.46. The van der Waals surface area contributed by atoms with Gasteiger partial charge in [0.1, 0.15) is 5.58 Å². The zero-order valence-corrected chi connectivity index (χ0v) is 23.3. The summed E-state index contributed by atoms with van der Waals surface area (Å²) in [6.45, 7) is 0. The van der Waals surface area contributed by atoms with Crippen molar-refractivity contribution in [2.24, 2.45) is 0 Å². The van der Waals surface area contributed by atoms with Crippen LogP contribution in [-0.4, -0.2) is 41.1 Å². The lowest BCUT2D eigenvalue weighted by molar-refractivity contribution is -0.117. The van der Waals surface area contributed by atoms with Crippen molar-refractivity contribution in [2.75, 3.05) is 23.9 Å². The third-order valence-corrected chi connectivity index (χ3v) is 8.76. The average molecular weight is 569 g/mol. The van der Waals surface area contributed by atoms with Crippen LogP contribution in [0.25, 0.3) is 11.0 Å². The Labute approximate surface area is 238 Å². The average Bonchev–Trinajstić information content (AvgIpc) is 3.69. The highest BCUT2D eigenvalue weighted by Crippen LogP contribution is 2.44. The molecule has 1 amide bonds. The van der Waals surface area contributed by atoms with Gasteiger partial charge in [-0.1, -0.05) is 83.8 Å². The van der Waals surface area contributed by atoms with Gasteiger partial charge in [0.2, 0.25) is 10.9 Å². The van der Waals surface area contributed by atoms with Gasteiger partial charge in [-0.2, -0.15) is 0 Å². The van der Waals surface area contributed by atoms with Crippen molar-refractivity contribution in [2.45, 2.75) is 16.1 Å². The number of aliphatic hydroxyl groups is 1. The fourth-order valence-electron chi connectivity index (χ4n) is 4.61. The number of para-hydroxylation sites is 1. The summed E-state index contributed by atoms with van der Waals surface area (Å²) in [5.41, 5.74) is 3.22.